The number of benzene rings is 1. The summed E-state index contributed by atoms with van der Waals surface area (Å²) in [6, 6.07) is 7.53. The molecule has 1 saturated carbocycles. The van der Waals surface area contributed by atoms with Crippen molar-refractivity contribution in [3.63, 3.8) is 0 Å². The molecule has 0 radical (unpaired) electrons. The summed E-state index contributed by atoms with van der Waals surface area (Å²) in [7, 11) is 0. The molecule has 1 aromatic carbocycles. The van der Waals surface area contributed by atoms with Crippen LogP contribution < -0.4 is 11.4 Å². The summed E-state index contributed by atoms with van der Waals surface area (Å²) < 4.78 is 14.6. The molecular weight excluding hydrogens is 319 g/mol. The van der Waals surface area contributed by atoms with Crippen LogP contribution in [0.5, 0.6) is 0 Å². The molecule has 0 spiro atoms. The number of anilines is 1. The molecule has 1 fully saturated rings. The number of fused-ring (bicyclic) bond motifs is 1. The Bertz CT molecular complexity index is 997. The second-order valence-electron chi connectivity index (χ2n) is 5.59. The van der Waals surface area contributed by atoms with E-state index >= 15 is 0 Å². The van der Waals surface area contributed by atoms with Gasteiger partial charge in [0.15, 0.2) is 5.65 Å². The van der Waals surface area contributed by atoms with Crippen LogP contribution in [0, 0.1) is 5.82 Å². The molecule has 2 heterocycles. The molecule has 5 nitrogen and oxygen atoms in total. The highest BCUT2D eigenvalue weighted by Crippen LogP contribution is 2.39. The first-order chi connectivity index (χ1) is 11.0. The monoisotopic (exact) mass is 330 g/mol. The molecule has 23 heavy (non-hydrogen) atoms. The van der Waals surface area contributed by atoms with Gasteiger partial charge in [-0.25, -0.2) is 18.7 Å². The number of nitrogen functional groups attached to an aromatic ring is 1. The van der Waals surface area contributed by atoms with Gasteiger partial charge in [0.25, 0.3) is 0 Å². The third-order valence-electron chi connectivity index (χ3n) is 3.94. The van der Waals surface area contributed by atoms with Crippen LogP contribution in [0.1, 0.15) is 24.5 Å². The summed E-state index contributed by atoms with van der Waals surface area (Å²) in [6.45, 7) is 0. The summed E-state index contributed by atoms with van der Waals surface area (Å²) in [5.74, 6) is 0.0569. The number of nitrogens with two attached hydrogens (primary N) is 1. The zero-order valence-electron chi connectivity index (χ0n) is 12.0. The minimum Gasteiger partial charge on any atom is -0.383 e. The van der Waals surface area contributed by atoms with Crippen LogP contribution in [-0.2, 0) is 0 Å². The molecule has 7 heteroatoms. The highest BCUT2D eigenvalue weighted by molar-refractivity contribution is 6.32. The van der Waals surface area contributed by atoms with E-state index in [1.54, 1.807) is 0 Å². The van der Waals surface area contributed by atoms with Gasteiger partial charge < -0.3 is 5.73 Å². The maximum atomic E-state index is 13.3. The van der Waals surface area contributed by atoms with E-state index in [1.165, 1.54) is 16.7 Å². The molecule has 116 valence electrons. The third kappa shape index (κ3) is 2.35. The molecule has 2 N–H and O–H groups in total. The van der Waals surface area contributed by atoms with E-state index in [2.05, 4.69) is 9.97 Å². The van der Waals surface area contributed by atoms with Crippen molar-refractivity contribution in [2.75, 3.05) is 5.73 Å². The van der Waals surface area contributed by atoms with Crippen molar-refractivity contribution in [2.45, 2.75) is 18.8 Å². The van der Waals surface area contributed by atoms with E-state index in [0.29, 0.717) is 22.6 Å². The van der Waals surface area contributed by atoms with Crippen molar-refractivity contribution in [3.05, 3.63) is 57.3 Å². The second kappa shape index (κ2) is 5.03. The molecule has 1 aliphatic carbocycles. The molecule has 3 aromatic rings. The van der Waals surface area contributed by atoms with Crippen LogP contribution >= 0.6 is 11.6 Å². The lowest BCUT2D eigenvalue weighted by atomic mass is 10.2. The van der Waals surface area contributed by atoms with Crippen molar-refractivity contribution in [2.24, 2.45) is 0 Å². The minimum atomic E-state index is -0.594. The van der Waals surface area contributed by atoms with Gasteiger partial charge in [0.2, 0.25) is 0 Å². The predicted molar refractivity (Wildman–Crippen MR) is 86.5 cm³/mol. The van der Waals surface area contributed by atoms with Gasteiger partial charge in [-0.1, -0.05) is 11.6 Å². The Kier molecular flexibility index (Phi) is 3.09. The van der Waals surface area contributed by atoms with Crippen LogP contribution in [-0.4, -0.2) is 14.5 Å². The van der Waals surface area contributed by atoms with Crippen molar-refractivity contribution in [1.29, 1.82) is 0 Å². The molecule has 0 atom stereocenters. The van der Waals surface area contributed by atoms with Crippen molar-refractivity contribution in [3.8, 4) is 5.69 Å². The van der Waals surface area contributed by atoms with E-state index in [0.717, 1.165) is 24.6 Å². The summed E-state index contributed by atoms with van der Waals surface area (Å²) in [6.07, 6.45) is 2.17. The average molecular weight is 331 g/mol. The summed E-state index contributed by atoms with van der Waals surface area (Å²) >= 11 is 6.10. The predicted octanol–water partition coefficient (Wildman–Crippen LogP) is 3.03. The number of pyridine rings is 1. The number of nitrogens with zero attached hydrogens (tertiary/aromatic N) is 3. The van der Waals surface area contributed by atoms with Gasteiger partial charge in [0.1, 0.15) is 11.6 Å². The van der Waals surface area contributed by atoms with E-state index in [1.807, 2.05) is 12.1 Å². The lowest BCUT2D eigenvalue weighted by molar-refractivity contribution is 0.627. The quantitative estimate of drug-likeness (QED) is 0.783. The first-order valence-electron chi connectivity index (χ1n) is 7.19. The summed E-state index contributed by atoms with van der Waals surface area (Å²) in [4.78, 5) is 20.8. The number of aromatic nitrogens is 3. The Balaban J connectivity index is 2.08. The van der Waals surface area contributed by atoms with Gasteiger partial charge in [-0.15, -0.1) is 0 Å². The molecule has 0 aliphatic heterocycles. The van der Waals surface area contributed by atoms with Gasteiger partial charge in [-0.05, 0) is 43.2 Å². The second-order valence-corrected chi connectivity index (χ2v) is 6.00. The average Bonchev–Trinajstić information content (AvgIpc) is 3.33. The standard InChI is InChI=1S/C16H12ClFN4O/c17-11-7-9(18)3-6-13(11)22-15-10(14(19)21-16(22)23)4-5-12(20-15)8-1-2-8/h3-8H,1-2H2,(H2,19,21,23). The smallest absolute Gasteiger partial charge is 0.355 e. The topological polar surface area (TPSA) is 73.8 Å². The lowest BCUT2D eigenvalue weighted by Crippen LogP contribution is -2.24. The summed E-state index contributed by atoms with van der Waals surface area (Å²) in [5.41, 5.74) is 6.89. The molecule has 2 aromatic heterocycles. The molecule has 1 aliphatic rings. The van der Waals surface area contributed by atoms with E-state index in [-0.39, 0.29) is 10.8 Å². The first-order valence-corrected chi connectivity index (χ1v) is 7.57. The number of hydrogen-bond acceptors (Lipinski definition) is 4. The van der Waals surface area contributed by atoms with Gasteiger partial charge in [0, 0.05) is 11.6 Å². The van der Waals surface area contributed by atoms with Gasteiger partial charge in [-0.3, -0.25) is 0 Å². The Morgan fingerprint density at radius 1 is 1.22 bits per heavy atom. The van der Waals surface area contributed by atoms with Crippen molar-refractivity contribution in [1.82, 2.24) is 14.5 Å². The Hall–Kier alpha value is -2.47. The zero-order chi connectivity index (χ0) is 16.1. The van der Waals surface area contributed by atoms with E-state index in [9.17, 15) is 9.18 Å². The molecule has 0 unspecified atom stereocenters. The Morgan fingerprint density at radius 2 is 2.00 bits per heavy atom. The molecule has 4 rings (SSSR count). The summed E-state index contributed by atoms with van der Waals surface area (Å²) in [5, 5.41) is 0.674. The fourth-order valence-electron chi connectivity index (χ4n) is 2.62. The van der Waals surface area contributed by atoms with Crippen LogP contribution in [0.15, 0.2) is 35.1 Å². The highest BCUT2D eigenvalue weighted by atomic mass is 35.5. The van der Waals surface area contributed by atoms with Crippen molar-refractivity contribution < 1.29 is 4.39 Å². The van der Waals surface area contributed by atoms with Crippen LogP contribution in [0.25, 0.3) is 16.7 Å². The zero-order valence-corrected chi connectivity index (χ0v) is 12.7. The third-order valence-corrected chi connectivity index (χ3v) is 4.24. The van der Waals surface area contributed by atoms with Gasteiger partial charge in [0.05, 0.1) is 16.1 Å². The van der Waals surface area contributed by atoms with Crippen LogP contribution in [0.2, 0.25) is 5.02 Å². The fourth-order valence-corrected chi connectivity index (χ4v) is 2.88. The normalized spacial score (nSPS) is 14.3. The van der Waals surface area contributed by atoms with Gasteiger partial charge >= 0.3 is 5.69 Å². The van der Waals surface area contributed by atoms with E-state index < -0.39 is 11.5 Å². The first kappa shape index (κ1) is 14.1. The highest BCUT2D eigenvalue weighted by Gasteiger charge is 2.26. The largest absolute Gasteiger partial charge is 0.383 e. The molecule has 0 bridgehead atoms. The molecule has 0 amide bonds. The van der Waals surface area contributed by atoms with E-state index in [4.69, 9.17) is 17.3 Å². The Morgan fingerprint density at radius 3 is 2.70 bits per heavy atom. The number of hydrogen-bond donors (Lipinski definition) is 1. The maximum Gasteiger partial charge on any atom is 0.355 e. The van der Waals surface area contributed by atoms with Crippen molar-refractivity contribution >= 4 is 28.5 Å². The number of halogens is 2. The lowest BCUT2D eigenvalue weighted by Gasteiger charge is -2.12. The number of rotatable bonds is 2. The van der Waals surface area contributed by atoms with Gasteiger partial charge in [-0.2, -0.15) is 4.98 Å². The SMILES string of the molecule is Nc1nc(=O)n(-c2ccc(F)cc2Cl)c2nc(C3CC3)ccc12. The minimum absolute atomic E-state index is 0.110. The van der Waals surface area contributed by atoms with Crippen LogP contribution in [0.4, 0.5) is 10.2 Å². The molecular formula is C16H12ClFN4O. The van der Waals surface area contributed by atoms with Crippen LogP contribution in [0.3, 0.4) is 0 Å². The Labute approximate surface area is 135 Å². The maximum absolute atomic E-state index is 13.3. The molecule has 0 saturated heterocycles. The fraction of sp³-hybridized carbons (Fsp3) is 0.188.